The number of rotatable bonds is 1. The fraction of sp³-hybridized carbons (Fsp3) is 0.545. The van der Waals surface area contributed by atoms with Crippen LogP contribution in [0.3, 0.4) is 0 Å². The maximum atomic E-state index is 12.2. The van der Waals surface area contributed by atoms with Gasteiger partial charge in [-0.15, -0.1) is 0 Å². The molecule has 17 heavy (non-hydrogen) atoms. The summed E-state index contributed by atoms with van der Waals surface area (Å²) < 4.78 is 5.48. The third-order valence-electron chi connectivity index (χ3n) is 2.76. The van der Waals surface area contributed by atoms with Crippen molar-refractivity contribution in [2.45, 2.75) is 26.0 Å². The van der Waals surface area contributed by atoms with Gasteiger partial charge in [-0.2, -0.15) is 0 Å². The molecule has 2 atom stereocenters. The molecule has 1 amide bonds. The third kappa shape index (κ3) is 2.52. The minimum atomic E-state index is -0.125. The lowest BCUT2D eigenvalue weighted by atomic mass is 10.2. The van der Waals surface area contributed by atoms with E-state index in [2.05, 4.69) is 9.97 Å². The van der Waals surface area contributed by atoms with Crippen LogP contribution in [0.2, 0.25) is 0 Å². The first-order valence-electron chi connectivity index (χ1n) is 5.58. The highest BCUT2D eigenvalue weighted by molar-refractivity contribution is 5.92. The van der Waals surface area contributed by atoms with Crippen LogP contribution >= 0.6 is 0 Å². The van der Waals surface area contributed by atoms with E-state index in [4.69, 9.17) is 10.5 Å². The number of anilines is 1. The standard InChI is InChI=1S/C11H16N4O2/c1-7-6-17-8(2)5-15(7)11(16)9-3-14-10(12)4-13-9/h3-4,7-8H,5-6H2,1-2H3,(H2,12,14). The molecule has 2 unspecified atom stereocenters. The lowest BCUT2D eigenvalue weighted by molar-refractivity contribution is -0.0389. The fourth-order valence-electron chi connectivity index (χ4n) is 1.78. The maximum Gasteiger partial charge on any atom is 0.274 e. The topological polar surface area (TPSA) is 81.3 Å². The van der Waals surface area contributed by atoms with Gasteiger partial charge in [0.1, 0.15) is 11.5 Å². The van der Waals surface area contributed by atoms with Crippen LogP contribution in [0, 0.1) is 0 Å². The Morgan fingerprint density at radius 1 is 1.47 bits per heavy atom. The van der Waals surface area contributed by atoms with Crippen LogP contribution in [0.4, 0.5) is 5.82 Å². The molecule has 1 fully saturated rings. The Bertz CT molecular complexity index is 406. The van der Waals surface area contributed by atoms with E-state index >= 15 is 0 Å². The molecule has 0 radical (unpaired) electrons. The summed E-state index contributed by atoms with van der Waals surface area (Å²) in [7, 11) is 0. The molecule has 92 valence electrons. The van der Waals surface area contributed by atoms with Gasteiger partial charge in [0.25, 0.3) is 5.91 Å². The summed E-state index contributed by atoms with van der Waals surface area (Å²) in [6, 6.07) is 0.0538. The third-order valence-corrected chi connectivity index (χ3v) is 2.76. The minimum Gasteiger partial charge on any atom is -0.382 e. The molecule has 1 aromatic rings. The lowest BCUT2D eigenvalue weighted by Gasteiger charge is -2.36. The van der Waals surface area contributed by atoms with Gasteiger partial charge in [0.2, 0.25) is 0 Å². The van der Waals surface area contributed by atoms with Gasteiger partial charge < -0.3 is 15.4 Å². The van der Waals surface area contributed by atoms with E-state index < -0.39 is 0 Å². The summed E-state index contributed by atoms with van der Waals surface area (Å²) in [6.07, 6.45) is 2.85. The highest BCUT2D eigenvalue weighted by atomic mass is 16.5. The molecule has 2 N–H and O–H groups in total. The average molecular weight is 236 g/mol. The Balaban J connectivity index is 2.15. The van der Waals surface area contributed by atoms with E-state index in [1.165, 1.54) is 12.4 Å². The van der Waals surface area contributed by atoms with Gasteiger partial charge >= 0.3 is 0 Å². The second-order valence-electron chi connectivity index (χ2n) is 4.28. The zero-order chi connectivity index (χ0) is 12.4. The molecule has 6 nitrogen and oxygen atoms in total. The first kappa shape index (κ1) is 11.8. The lowest BCUT2D eigenvalue weighted by Crippen LogP contribution is -2.50. The Hall–Kier alpha value is -1.69. The van der Waals surface area contributed by atoms with Crippen molar-refractivity contribution in [3.05, 3.63) is 18.1 Å². The number of hydrogen-bond donors (Lipinski definition) is 1. The average Bonchev–Trinajstić information content (AvgIpc) is 2.32. The SMILES string of the molecule is CC1CN(C(=O)c2cnc(N)cn2)C(C)CO1. The number of nitrogens with zero attached hydrogens (tertiary/aromatic N) is 3. The van der Waals surface area contributed by atoms with Gasteiger partial charge in [-0.25, -0.2) is 9.97 Å². The number of carbonyl (C=O) groups is 1. The van der Waals surface area contributed by atoms with Crippen LogP contribution in [0.1, 0.15) is 24.3 Å². The molecule has 0 aromatic carbocycles. The second kappa shape index (κ2) is 4.67. The van der Waals surface area contributed by atoms with E-state index in [0.717, 1.165) is 0 Å². The molecular weight excluding hydrogens is 220 g/mol. The van der Waals surface area contributed by atoms with Crippen molar-refractivity contribution in [1.82, 2.24) is 14.9 Å². The van der Waals surface area contributed by atoms with Crippen molar-refractivity contribution < 1.29 is 9.53 Å². The van der Waals surface area contributed by atoms with Crippen molar-refractivity contribution in [3.63, 3.8) is 0 Å². The van der Waals surface area contributed by atoms with Crippen molar-refractivity contribution in [2.75, 3.05) is 18.9 Å². The Morgan fingerprint density at radius 2 is 2.24 bits per heavy atom. The largest absolute Gasteiger partial charge is 0.382 e. The molecule has 1 aromatic heterocycles. The number of hydrogen-bond acceptors (Lipinski definition) is 5. The molecule has 0 saturated carbocycles. The van der Waals surface area contributed by atoms with E-state index in [1.54, 1.807) is 4.90 Å². The van der Waals surface area contributed by atoms with Crippen LogP contribution in [-0.2, 0) is 4.74 Å². The summed E-state index contributed by atoms with van der Waals surface area (Å²) in [4.78, 5) is 21.8. The van der Waals surface area contributed by atoms with Crippen LogP contribution in [0.15, 0.2) is 12.4 Å². The van der Waals surface area contributed by atoms with E-state index in [9.17, 15) is 4.79 Å². The van der Waals surface area contributed by atoms with Gasteiger partial charge in [0.15, 0.2) is 0 Å². The normalized spacial score (nSPS) is 24.7. The summed E-state index contributed by atoms with van der Waals surface area (Å²) in [5.41, 5.74) is 5.76. The first-order chi connectivity index (χ1) is 8.08. The molecule has 2 heterocycles. The Kier molecular flexibility index (Phi) is 3.23. The summed E-state index contributed by atoms with van der Waals surface area (Å²) in [5.74, 6) is 0.185. The highest BCUT2D eigenvalue weighted by Gasteiger charge is 2.28. The van der Waals surface area contributed by atoms with Crippen LogP contribution < -0.4 is 5.73 Å². The molecule has 0 spiro atoms. The van der Waals surface area contributed by atoms with E-state index in [0.29, 0.717) is 24.7 Å². The zero-order valence-corrected chi connectivity index (χ0v) is 9.96. The number of amides is 1. The van der Waals surface area contributed by atoms with Crippen LogP contribution in [-0.4, -0.2) is 46.1 Å². The Morgan fingerprint density at radius 3 is 2.88 bits per heavy atom. The summed E-state index contributed by atoms with van der Waals surface area (Å²) in [5, 5.41) is 0. The quantitative estimate of drug-likeness (QED) is 0.758. The number of aromatic nitrogens is 2. The number of morpholine rings is 1. The zero-order valence-electron chi connectivity index (χ0n) is 9.96. The van der Waals surface area contributed by atoms with Gasteiger partial charge in [-0.05, 0) is 13.8 Å². The first-order valence-corrected chi connectivity index (χ1v) is 5.58. The summed E-state index contributed by atoms with van der Waals surface area (Å²) in [6.45, 7) is 5.02. The summed E-state index contributed by atoms with van der Waals surface area (Å²) >= 11 is 0. The van der Waals surface area contributed by atoms with Crippen molar-refractivity contribution in [2.24, 2.45) is 0 Å². The van der Waals surface area contributed by atoms with Crippen LogP contribution in [0.25, 0.3) is 0 Å². The fourth-order valence-corrected chi connectivity index (χ4v) is 1.78. The monoisotopic (exact) mass is 236 g/mol. The minimum absolute atomic E-state index is 0.0527. The molecule has 1 aliphatic heterocycles. The molecule has 2 rings (SSSR count). The maximum absolute atomic E-state index is 12.2. The smallest absolute Gasteiger partial charge is 0.274 e. The predicted octanol–water partition coefficient (Wildman–Crippen LogP) is 0.308. The molecule has 0 aliphatic carbocycles. The van der Waals surface area contributed by atoms with Gasteiger partial charge in [-0.1, -0.05) is 0 Å². The molecular formula is C11H16N4O2. The Labute approximate surface area is 99.8 Å². The van der Waals surface area contributed by atoms with Crippen molar-refractivity contribution >= 4 is 11.7 Å². The van der Waals surface area contributed by atoms with E-state index in [1.807, 2.05) is 13.8 Å². The second-order valence-corrected chi connectivity index (χ2v) is 4.28. The van der Waals surface area contributed by atoms with Crippen LogP contribution in [0.5, 0.6) is 0 Å². The predicted molar refractivity (Wildman–Crippen MR) is 62.4 cm³/mol. The number of nitrogen functional groups attached to an aromatic ring is 1. The van der Waals surface area contributed by atoms with Gasteiger partial charge in [0, 0.05) is 6.54 Å². The van der Waals surface area contributed by atoms with Crippen molar-refractivity contribution in [1.29, 1.82) is 0 Å². The van der Waals surface area contributed by atoms with Gasteiger partial charge in [-0.3, -0.25) is 4.79 Å². The number of nitrogens with two attached hydrogens (primary N) is 1. The molecule has 1 aliphatic rings. The number of carbonyl (C=O) groups excluding carboxylic acids is 1. The molecule has 0 bridgehead atoms. The van der Waals surface area contributed by atoms with E-state index in [-0.39, 0.29) is 18.1 Å². The highest BCUT2D eigenvalue weighted by Crippen LogP contribution is 2.14. The van der Waals surface area contributed by atoms with Gasteiger partial charge in [0.05, 0.1) is 31.1 Å². The molecule has 6 heteroatoms. The molecule has 1 saturated heterocycles. The number of ether oxygens (including phenoxy) is 1. The van der Waals surface area contributed by atoms with Crippen molar-refractivity contribution in [3.8, 4) is 0 Å².